The van der Waals surface area contributed by atoms with E-state index in [9.17, 15) is 19.2 Å². The lowest BCUT2D eigenvalue weighted by molar-refractivity contribution is -0.150. The molecular weight excluding hydrogens is 656 g/mol. The Hall–Kier alpha value is -3.48. The number of ether oxygens (including phenoxy) is 2. The van der Waals surface area contributed by atoms with Crippen LogP contribution in [-0.2, 0) is 23.9 Å². The number of carbonyl (C=O) groups is 4. The number of amides is 3. The molecule has 1 aromatic heterocycles. The number of fused-ring (bicyclic) bond motifs is 3. The minimum absolute atomic E-state index is 0.152. The molecule has 2 fully saturated rings. The van der Waals surface area contributed by atoms with E-state index in [1.807, 2.05) is 32.1 Å². The van der Waals surface area contributed by atoms with E-state index in [1.165, 1.54) is 4.90 Å². The van der Waals surface area contributed by atoms with E-state index in [-0.39, 0.29) is 31.4 Å². The number of hydrogen-bond donors (Lipinski definition) is 2. The molecule has 2 N–H and O–H groups in total. The maximum absolute atomic E-state index is 14.3. The first-order valence-electron chi connectivity index (χ1n) is 16.2. The Morgan fingerprint density at radius 1 is 1.15 bits per heavy atom. The number of nitrogens with one attached hydrogen (secondary N) is 2. The number of esters is 1. The van der Waals surface area contributed by atoms with Gasteiger partial charge < -0.3 is 25.0 Å². The lowest BCUT2D eigenvalue weighted by Gasteiger charge is -2.30. The SMILES string of the molecule is CCOC(=O)[C@@]12C[C@H]1C=CCCCCC[C@H](NC(=O)OC(C)(C)C)C(=O)N1CC(n3nc4cc(Br)c(C)c(C)c4n3)CC1C(=O)N2. The van der Waals surface area contributed by atoms with E-state index < -0.39 is 47.2 Å². The molecule has 3 amide bonds. The van der Waals surface area contributed by atoms with Gasteiger partial charge in [-0.05, 0) is 84.4 Å². The maximum atomic E-state index is 14.3. The van der Waals surface area contributed by atoms with Crippen LogP contribution in [0.4, 0.5) is 4.79 Å². The van der Waals surface area contributed by atoms with Crippen LogP contribution in [0.2, 0.25) is 0 Å². The van der Waals surface area contributed by atoms with Crippen LogP contribution in [-0.4, -0.2) is 80.1 Å². The molecular formula is C33H45BrN6O6. The number of halogens is 1. The molecule has 0 spiro atoms. The Labute approximate surface area is 278 Å². The summed E-state index contributed by atoms with van der Waals surface area (Å²) in [6.45, 7) is 11.3. The number of carbonyl (C=O) groups excluding carboxylic acids is 4. The molecule has 13 heteroatoms. The van der Waals surface area contributed by atoms with Crippen molar-refractivity contribution in [1.82, 2.24) is 30.5 Å². The molecule has 2 unspecified atom stereocenters. The van der Waals surface area contributed by atoms with E-state index >= 15 is 0 Å². The number of benzene rings is 1. The van der Waals surface area contributed by atoms with Crippen molar-refractivity contribution in [2.24, 2.45) is 5.92 Å². The lowest BCUT2D eigenvalue weighted by Crippen LogP contribution is -2.56. The molecule has 250 valence electrons. The number of hydrogen-bond acceptors (Lipinski definition) is 8. The summed E-state index contributed by atoms with van der Waals surface area (Å²) < 4.78 is 11.8. The Kier molecular flexibility index (Phi) is 9.81. The highest BCUT2D eigenvalue weighted by Crippen LogP contribution is 2.46. The maximum Gasteiger partial charge on any atom is 0.408 e. The molecule has 0 radical (unpaired) electrons. The molecule has 2 aliphatic heterocycles. The average molecular weight is 702 g/mol. The molecule has 3 aliphatic rings. The van der Waals surface area contributed by atoms with Gasteiger partial charge in [-0.3, -0.25) is 9.59 Å². The molecule has 5 atom stereocenters. The molecule has 0 bridgehead atoms. The summed E-state index contributed by atoms with van der Waals surface area (Å²) in [6.07, 6.45) is 7.64. The Balaban J connectivity index is 1.50. The fourth-order valence-corrected chi connectivity index (χ4v) is 6.90. The number of allylic oxidation sites excluding steroid dienone is 1. The fourth-order valence-electron chi connectivity index (χ4n) is 6.39. The minimum atomic E-state index is -1.18. The van der Waals surface area contributed by atoms with Gasteiger partial charge in [0.05, 0.1) is 12.6 Å². The van der Waals surface area contributed by atoms with Crippen molar-refractivity contribution in [3.05, 3.63) is 33.8 Å². The van der Waals surface area contributed by atoms with Crippen LogP contribution in [0.3, 0.4) is 0 Å². The Bertz CT molecular complexity index is 1550. The van der Waals surface area contributed by atoms with E-state index in [1.54, 1.807) is 32.5 Å². The predicted octanol–water partition coefficient (Wildman–Crippen LogP) is 4.80. The molecule has 1 saturated carbocycles. The molecule has 3 heterocycles. The Morgan fingerprint density at radius 3 is 2.63 bits per heavy atom. The van der Waals surface area contributed by atoms with E-state index in [0.29, 0.717) is 24.8 Å². The van der Waals surface area contributed by atoms with Crippen LogP contribution in [0, 0.1) is 19.8 Å². The van der Waals surface area contributed by atoms with Gasteiger partial charge in [0.1, 0.15) is 34.3 Å². The number of nitrogens with zero attached hydrogens (tertiary/aromatic N) is 4. The zero-order valence-electron chi connectivity index (χ0n) is 27.5. The monoisotopic (exact) mass is 700 g/mol. The summed E-state index contributed by atoms with van der Waals surface area (Å²) in [6, 6.07) is -0.327. The molecule has 12 nitrogen and oxygen atoms in total. The molecule has 1 saturated heterocycles. The molecule has 46 heavy (non-hydrogen) atoms. The van der Waals surface area contributed by atoms with E-state index in [0.717, 1.165) is 40.4 Å². The van der Waals surface area contributed by atoms with Crippen LogP contribution in [0.15, 0.2) is 22.7 Å². The van der Waals surface area contributed by atoms with E-state index in [4.69, 9.17) is 19.7 Å². The predicted molar refractivity (Wildman–Crippen MR) is 175 cm³/mol. The summed E-state index contributed by atoms with van der Waals surface area (Å²) in [5.41, 5.74) is 1.57. The molecule has 1 aliphatic carbocycles. The van der Waals surface area contributed by atoms with Crippen molar-refractivity contribution >= 4 is 50.8 Å². The highest BCUT2D eigenvalue weighted by molar-refractivity contribution is 9.10. The first-order chi connectivity index (χ1) is 21.7. The largest absolute Gasteiger partial charge is 0.464 e. The number of aryl methyl sites for hydroxylation is 1. The van der Waals surface area contributed by atoms with Crippen molar-refractivity contribution in [1.29, 1.82) is 0 Å². The normalized spacial score (nSPS) is 27.2. The third kappa shape index (κ3) is 7.08. The second-order valence-corrected chi connectivity index (χ2v) is 14.5. The van der Waals surface area contributed by atoms with Crippen molar-refractivity contribution in [2.45, 2.75) is 116 Å². The number of rotatable bonds is 4. The Morgan fingerprint density at radius 2 is 1.91 bits per heavy atom. The van der Waals surface area contributed by atoms with Crippen LogP contribution in [0.1, 0.15) is 89.8 Å². The third-order valence-corrected chi connectivity index (χ3v) is 9.93. The standard InChI is InChI=1S/C33H45BrN6O6/c1-7-45-30(43)33-17-21(33)13-11-9-8-10-12-14-24(35-31(44)46-32(4,5)6)29(42)39-18-22(15-26(39)28(41)36-33)40-37-25-16-23(34)19(2)20(3)27(25)38-40/h11,13,16,21-22,24,26H,7-10,12,14-15,17-18H2,1-6H3,(H,35,44)(H,36,41)/t21-,22?,24+,26?,33-/m1/s1. The van der Waals surface area contributed by atoms with Gasteiger partial charge >= 0.3 is 12.1 Å². The van der Waals surface area contributed by atoms with Crippen molar-refractivity contribution in [3.8, 4) is 0 Å². The highest BCUT2D eigenvalue weighted by Gasteiger charge is 2.62. The van der Waals surface area contributed by atoms with Crippen LogP contribution in [0.5, 0.6) is 0 Å². The van der Waals surface area contributed by atoms with Crippen LogP contribution < -0.4 is 10.6 Å². The second kappa shape index (κ2) is 13.3. The van der Waals surface area contributed by atoms with Gasteiger partial charge in [-0.1, -0.05) is 40.9 Å². The van der Waals surface area contributed by atoms with Gasteiger partial charge in [-0.2, -0.15) is 15.0 Å². The van der Waals surface area contributed by atoms with Gasteiger partial charge in [-0.25, -0.2) is 9.59 Å². The first-order valence-corrected chi connectivity index (χ1v) is 17.0. The van der Waals surface area contributed by atoms with Gasteiger partial charge in [0.15, 0.2) is 0 Å². The van der Waals surface area contributed by atoms with Crippen LogP contribution in [0.25, 0.3) is 11.0 Å². The summed E-state index contributed by atoms with van der Waals surface area (Å²) in [5, 5.41) is 15.3. The second-order valence-electron chi connectivity index (χ2n) is 13.6. The zero-order valence-corrected chi connectivity index (χ0v) is 29.1. The third-order valence-electron chi connectivity index (χ3n) is 9.11. The van der Waals surface area contributed by atoms with E-state index in [2.05, 4.69) is 26.6 Å². The van der Waals surface area contributed by atoms with Crippen molar-refractivity contribution in [3.63, 3.8) is 0 Å². The molecule has 1 aromatic carbocycles. The highest BCUT2D eigenvalue weighted by atomic mass is 79.9. The first kappa shape index (κ1) is 33.9. The quantitative estimate of drug-likeness (QED) is 0.342. The zero-order chi connectivity index (χ0) is 33.4. The summed E-state index contributed by atoms with van der Waals surface area (Å²) >= 11 is 3.60. The minimum Gasteiger partial charge on any atom is -0.464 e. The molecule has 5 rings (SSSR count). The topological polar surface area (TPSA) is 145 Å². The van der Waals surface area contributed by atoms with Gasteiger partial charge in [0.25, 0.3) is 0 Å². The van der Waals surface area contributed by atoms with Gasteiger partial charge in [-0.15, -0.1) is 0 Å². The molecule has 2 aromatic rings. The van der Waals surface area contributed by atoms with Gasteiger partial charge in [0, 0.05) is 23.4 Å². The van der Waals surface area contributed by atoms with Crippen molar-refractivity contribution < 1.29 is 28.7 Å². The number of aromatic nitrogens is 3. The summed E-state index contributed by atoms with van der Waals surface area (Å²) in [7, 11) is 0. The van der Waals surface area contributed by atoms with Gasteiger partial charge in [0.2, 0.25) is 11.8 Å². The fraction of sp³-hybridized carbons (Fsp3) is 0.636. The average Bonchev–Trinajstić information content (AvgIpc) is 3.28. The van der Waals surface area contributed by atoms with Crippen LogP contribution >= 0.6 is 15.9 Å². The number of alkyl carbamates (subject to hydrolysis) is 1. The smallest absolute Gasteiger partial charge is 0.408 e. The lowest BCUT2D eigenvalue weighted by atomic mass is 10.0. The van der Waals surface area contributed by atoms with Crippen molar-refractivity contribution in [2.75, 3.05) is 13.2 Å². The summed E-state index contributed by atoms with van der Waals surface area (Å²) in [5.74, 6) is -1.50. The summed E-state index contributed by atoms with van der Waals surface area (Å²) in [4.78, 5) is 57.6.